The Morgan fingerprint density at radius 1 is 1.20 bits per heavy atom. The van der Waals surface area contributed by atoms with Gasteiger partial charge in [-0.2, -0.15) is 4.31 Å². The molecule has 25 heavy (non-hydrogen) atoms. The van der Waals surface area contributed by atoms with Crippen molar-refractivity contribution >= 4 is 26.3 Å². The van der Waals surface area contributed by atoms with Crippen LogP contribution in [0.5, 0.6) is 0 Å². The summed E-state index contributed by atoms with van der Waals surface area (Å²) < 4.78 is 29.3. The molecule has 1 aliphatic heterocycles. The summed E-state index contributed by atoms with van der Waals surface area (Å²) in [5.74, 6) is 0. The average molecular weight is 377 g/mol. The number of hydrogen-bond donors (Lipinski definition) is 1. The molecule has 0 amide bonds. The van der Waals surface area contributed by atoms with Crippen LogP contribution < -0.4 is 5.73 Å². The third kappa shape index (κ3) is 2.69. The molecule has 1 saturated heterocycles. The zero-order valence-corrected chi connectivity index (χ0v) is 15.3. The highest BCUT2D eigenvalue weighted by atomic mass is 32.2. The minimum Gasteiger partial charge on any atom is -0.330 e. The maximum Gasteiger partial charge on any atom is 0.260 e. The van der Waals surface area contributed by atoms with Crippen molar-refractivity contribution in [3.8, 4) is 0 Å². The maximum atomic E-state index is 13.0. The van der Waals surface area contributed by atoms with E-state index in [4.69, 9.17) is 5.73 Å². The number of imidazole rings is 1. The molecule has 1 aliphatic rings. The molecular weight excluding hydrogens is 356 g/mol. The Morgan fingerprint density at radius 2 is 1.92 bits per heavy atom. The number of nitrogens with two attached hydrogens (primary N) is 1. The van der Waals surface area contributed by atoms with Crippen LogP contribution in [0.25, 0.3) is 4.96 Å². The molecule has 132 valence electrons. The summed E-state index contributed by atoms with van der Waals surface area (Å²) >= 11 is 1.42. The van der Waals surface area contributed by atoms with Gasteiger partial charge >= 0.3 is 0 Å². The maximum absolute atomic E-state index is 13.0. The molecule has 2 aromatic heterocycles. The fourth-order valence-corrected chi connectivity index (χ4v) is 5.84. The van der Waals surface area contributed by atoms with Crippen LogP contribution in [0.15, 0.2) is 53.1 Å². The Bertz CT molecular complexity index is 970. The Hall–Kier alpha value is -1.74. The number of benzene rings is 1. The van der Waals surface area contributed by atoms with Gasteiger partial charge in [-0.05, 0) is 18.4 Å². The van der Waals surface area contributed by atoms with Crippen LogP contribution in [-0.4, -0.2) is 41.7 Å². The van der Waals surface area contributed by atoms with Crippen LogP contribution in [0, 0.1) is 0 Å². The van der Waals surface area contributed by atoms with E-state index in [2.05, 4.69) is 17.1 Å². The third-order valence-electron chi connectivity index (χ3n) is 5.17. The van der Waals surface area contributed by atoms with Crippen molar-refractivity contribution in [1.29, 1.82) is 0 Å². The van der Waals surface area contributed by atoms with E-state index in [1.165, 1.54) is 23.1 Å². The van der Waals surface area contributed by atoms with Gasteiger partial charge in [0.1, 0.15) is 0 Å². The summed E-state index contributed by atoms with van der Waals surface area (Å²) in [7, 11) is -3.56. The molecule has 2 N–H and O–H groups in total. The van der Waals surface area contributed by atoms with E-state index >= 15 is 0 Å². The SMILES string of the molecule is NCC1(c2ccccc2)CCN(S(=O)(=O)c2cnc3sccn23)CC1. The van der Waals surface area contributed by atoms with Crippen LogP contribution in [-0.2, 0) is 15.4 Å². The minimum absolute atomic E-state index is 0.150. The molecule has 0 bridgehead atoms. The van der Waals surface area contributed by atoms with Gasteiger partial charge < -0.3 is 5.73 Å². The number of hydrogen-bond acceptors (Lipinski definition) is 5. The fraction of sp³-hybridized carbons (Fsp3) is 0.353. The number of sulfonamides is 1. The van der Waals surface area contributed by atoms with Crippen LogP contribution in [0.1, 0.15) is 18.4 Å². The van der Waals surface area contributed by atoms with Crippen molar-refractivity contribution in [2.75, 3.05) is 19.6 Å². The molecule has 6 nitrogen and oxygen atoms in total. The Balaban J connectivity index is 1.60. The summed E-state index contributed by atoms with van der Waals surface area (Å²) in [6.45, 7) is 1.45. The molecular formula is C17H20N4O2S2. The zero-order chi connectivity index (χ0) is 17.5. The molecule has 3 heterocycles. The smallest absolute Gasteiger partial charge is 0.260 e. The highest BCUT2D eigenvalue weighted by Crippen LogP contribution is 2.36. The molecule has 8 heteroatoms. The molecule has 0 unspecified atom stereocenters. The van der Waals surface area contributed by atoms with Crippen LogP contribution in [0.2, 0.25) is 0 Å². The molecule has 3 aromatic rings. The lowest BCUT2D eigenvalue weighted by molar-refractivity contribution is 0.237. The van der Waals surface area contributed by atoms with Crippen molar-refractivity contribution in [3.05, 3.63) is 53.7 Å². The molecule has 0 saturated carbocycles. The van der Waals surface area contributed by atoms with E-state index in [0.29, 0.717) is 24.6 Å². The Labute approximate surface area is 151 Å². The van der Waals surface area contributed by atoms with Crippen molar-refractivity contribution in [3.63, 3.8) is 0 Å². The van der Waals surface area contributed by atoms with Gasteiger partial charge in [-0.15, -0.1) is 11.3 Å². The second-order valence-electron chi connectivity index (χ2n) is 6.41. The van der Waals surface area contributed by atoms with E-state index in [9.17, 15) is 8.42 Å². The van der Waals surface area contributed by atoms with E-state index in [1.54, 1.807) is 14.9 Å². The zero-order valence-electron chi connectivity index (χ0n) is 13.7. The highest BCUT2D eigenvalue weighted by molar-refractivity contribution is 7.89. The lowest BCUT2D eigenvalue weighted by Gasteiger charge is -2.40. The number of fused-ring (bicyclic) bond motifs is 1. The second kappa shape index (κ2) is 6.21. The fourth-order valence-electron chi connectivity index (χ4n) is 3.59. The van der Waals surface area contributed by atoms with Crippen LogP contribution >= 0.6 is 11.3 Å². The number of rotatable bonds is 4. The molecule has 0 spiro atoms. The van der Waals surface area contributed by atoms with Crippen LogP contribution in [0.4, 0.5) is 0 Å². The lowest BCUT2D eigenvalue weighted by Crippen LogP contribution is -2.48. The summed E-state index contributed by atoms with van der Waals surface area (Å²) in [6.07, 6.45) is 4.64. The molecule has 1 fully saturated rings. The number of thiazole rings is 1. The van der Waals surface area contributed by atoms with Gasteiger partial charge in [-0.25, -0.2) is 13.4 Å². The standard InChI is InChI=1S/C17H20N4O2S2/c18-13-17(14-4-2-1-3-5-14)6-8-20(9-7-17)25(22,23)15-12-19-16-21(15)10-11-24-16/h1-5,10-12H,6-9,13,18H2. The molecule has 0 atom stereocenters. The monoisotopic (exact) mass is 376 g/mol. The van der Waals surface area contributed by atoms with E-state index in [1.807, 2.05) is 23.6 Å². The topological polar surface area (TPSA) is 80.7 Å². The lowest BCUT2D eigenvalue weighted by atomic mass is 9.73. The summed E-state index contributed by atoms with van der Waals surface area (Å²) in [4.78, 5) is 4.88. The number of aromatic nitrogens is 2. The third-order valence-corrected chi connectivity index (χ3v) is 7.82. The molecule has 1 aromatic carbocycles. The normalized spacial score (nSPS) is 18.6. The molecule has 0 radical (unpaired) electrons. The van der Waals surface area contributed by atoms with Crippen molar-refractivity contribution in [2.24, 2.45) is 5.73 Å². The second-order valence-corrected chi connectivity index (χ2v) is 9.16. The molecule has 4 rings (SSSR count). The minimum atomic E-state index is -3.56. The van der Waals surface area contributed by atoms with E-state index < -0.39 is 10.0 Å². The first-order chi connectivity index (χ1) is 12.1. The number of nitrogens with zero attached hydrogens (tertiary/aromatic N) is 3. The predicted molar refractivity (Wildman–Crippen MR) is 98.2 cm³/mol. The van der Waals surface area contributed by atoms with E-state index in [0.717, 1.165) is 12.8 Å². The van der Waals surface area contributed by atoms with Gasteiger partial charge in [-0.3, -0.25) is 4.40 Å². The molecule has 0 aliphatic carbocycles. The quantitative estimate of drug-likeness (QED) is 0.756. The first-order valence-electron chi connectivity index (χ1n) is 8.23. The van der Waals surface area contributed by atoms with Gasteiger partial charge in [0.25, 0.3) is 10.0 Å². The summed E-state index contributed by atoms with van der Waals surface area (Å²) in [5, 5.41) is 2.08. The largest absolute Gasteiger partial charge is 0.330 e. The first-order valence-corrected chi connectivity index (χ1v) is 10.6. The van der Waals surface area contributed by atoms with Crippen LogP contribution in [0.3, 0.4) is 0 Å². The highest BCUT2D eigenvalue weighted by Gasteiger charge is 2.39. The van der Waals surface area contributed by atoms with Crippen molar-refractivity contribution in [2.45, 2.75) is 23.3 Å². The number of piperidine rings is 1. The predicted octanol–water partition coefficient (Wildman–Crippen LogP) is 2.08. The van der Waals surface area contributed by atoms with Crippen molar-refractivity contribution in [1.82, 2.24) is 13.7 Å². The van der Waals surface area contributed by atoms with Gasteiger partial charge in [0.05, 0.1) is 6.20 Å². The van der Waals surface area contributed by atoms with Gasteiger partial charge in [-0.1, -0.05) is 30.3 Å². The van der Waals surface area contributed by atoms with E-state index in [-0.39, 0.29) is 10.4 Å². The van der Waals surface area contributed by atoms with Crippen molar-refractivity contribution < 1.29 is 8.42 Å². The van der Waals surface area contributed by atoms with Gasteiger partial charge in [0.15, 0.2) is 9.99 Å². The first kappa shape index (κ1) is 16.7. The Kier molecular flexibility index (Phi) is 4.15. The van der Waals surface area contributed by atoms with Gasteiger partial charge in [0.2, 0.25) is 0 Å². The average Bonchev–Trinajstić information content (AvgIpc) is 3.26. The van der Waals surface area contributed by atoms with Gasteiger partial charge in [0, 0.05) is 36.6 Å². The summed E-state index contributed by atoms with van der Waals surface area (Å²) in [5.41, 5.74) is 7.14. The Morgan fingerprint density at radius 3 is 2.60 bits per heavy atom. The summed E-state index contributed by atoms with van der Waals surface area (Å²) in [6, 6.07) is 10.2.